The van der Waals surface area contributed by atoms with Gasteiger partial charge in [-0.3, -0.25) is 9.78 Å². The minimum absolute atomic E-state index is 0. The van der Waals surface area contributed by atoms with E-state index < -0.39 is 0 Å². The molecule has 0 radical (unpaired) electrons. The van der Waals surface area contributed by atoms with Gasteiger partial charge in [0.25, 0.3) is 5.91 Å². The molecular formula is C17H24ClN3O3. The van der Waals surface area contributed by atoms with Crippen LogP contribution in [0, 0.1) is 6.92 Å². The van der Waals surface area contributed by atoms with Crippen LogP contribution in [-0.2, 0) is 4.74 Å². The van der Waals surface area contributed by atoms with E-state index >= 15 is 0 Å². The Labute approximate surface area is 148 Å². The van der Waals surface area contributed by atoms with Crippen molar-refractivity contribution in [1.82, 2.24) is 15.6 Å². The summed E-state index contributed by atoms with van der Waals surface area (Å²) >= 11 is 0. The summed E-state index contributed by atoms with van der Waals surface area (Å²) in [5.41, 5.74) is 2.12. The van der Waals surface area contributed by atoms with Crippen LogP contribution in [0.4, 0.5) is 0 Å². The van der Waals surface area contributed by atoms with Gasteiger partial charge in [-0.15, -0.1) is 12.4 Å². The molecule has 0 atom stereocenters. The van der Waals surface area contributed by atoms with Crippen LogP contribution in [-0.4, -0.2) is 51.4 Å². The fraction of sp³-hybridized carbons (Fsp3) is 0.412. The lowest BCUT2D eigenvalue weighted by atomic mass is 10.1. The maximum absolute atomic E-state index is 12.3. The van der Waals surface area contributed by atoms with Crippen LogP contribution in [0.1, 0.15) is 16.1 Å². The van der Waals surface area contributed by atoms with Crippen LogP contribution >= 0.6 is 12.4 Å². The van der Waals surface area contributed by atoms with Gasteiger partial charge in [-0.1, -0.05) is 0 Å². The smallest absolute Gasteiger partial charge is 0.253 e. The highest BCUT2D eigenvalue weighted by atomic mass is 35.5. The monoisotopic (exact) mass is 353 g/mol. The van der Waals surface area contributed by atoms with Crippen molar-refractivity contribution < 1.29 is 14.3 Å². The molecule has 6 nitrogen and oxygen atoms in total. The molecule has 1 aromatic carbocycles. The lowest BCUT2D eigenvalue weighted by Crippen LogP contribution is -2.33. The number of halogens is 1. The number of rotatable bonds is 8. The summed E-state index contributed by atoms with van der Waals surface area (Å²) in [5.74, 6) is 0.644. The van der Waals surface area contributed by atoms with E-state index in [-0.39, 0.29) is 18.3 Å². The SMILES string of the molecule is COCCNCCNC(=O)c1cc2ccc(OC)cc2nc1C.Cl. The van der Waals surface area contributed by atoms with Crippen molar-refractivity contribution in [3.63, 3.8) is 0 Å². The number of amides is 1. The minimum atomic E-state index is -0.110. The zero-order valence-corrected chi connectivity index (χ0v) is 15.0. The maximum Gasteiger partial charge on any atom is 0.253 e. The molecule has 2 rings (SSSR count). The quantitative estimate of drug-likeness (QED) is 0.710. The van der Waals surface area contributed by atoms with Crippen LogP contribution in [0.3, 0.4) is 0 Å². The van der Waals surface area contributed by atoms with Crippen molar-refractivity contribution in [3.8, 4) is 5.75 Å². The summed E-state index contributed by atoms with van der Waals surface area (Å²) in [6.45, 7) is 4.52. The molecule has 7 heteroatoms. The van der Waals surface area contributed by atoms with E-state index in [9.17, 15) is 4.79 Å². The Kier molecular flexibility index (Phi) is 8.46. The molecule has 24 heavy (non-hydrogen) atoms. The highest BCUT2D eigenvalue weighted by Crippen LogP contribution is 2.21. The molecule has 1 aromatic heterocycles. The molecular weight excluding hydrogens is 330 g/mol. The number of aryl methyl sites for hydroxylation is 1. The normalized spacial score (nSPS) is 10.3. The molecule has 0 fully saturated rings. The number of benzene rings is 1. The van der Waals surface area contributed by atoms with Crippen LogP contribution in [0.25, 0.3) is 10.9 Å². The van der Waals surface area contributed by atoms with Crippen LogP contribution in [0.15, 0.2) is 24.3 Å². The van der Waals surface area contributed by atoms with E-state index in [0.29, 0.717) is 31.0 Å². The molecule has 0 saturated heterocycles. The average molecular weight is 354 g/mol. The van der Waals surface area contributed by atoms with E-state index in [1.54, 1.807) is 14.2 Å². The molecule has 0 saturated carbocycles. The first-order valence-corrected chi connectivity index (χ1v) is 7.59. The molecule has 2 aromatic rings. The number of pyridine rings is 1. The first kappa shape index (κ1) is 20.2. The maximum atomic E-state index is 12.3. The van der Waals surface area contributed by atoms with Crippen LogP contribution in [0.5, 0.6) is 5.75 Å². The standard InChI is InChI=1S/C17H23N3O3.ClH/c1-12-15(17(21)19-7-6-18-8-9-22-2)10-13-4-5-14(23-3)11-16(13)20-12;/h4-5,10-11,18H,6-9H2,1-3H3,(H,19,21);1H. The third kappa shape index (κ3) is 5.33. The lowest BCUT2D eigenvalue weighted by molar-refractivity contribution is 0.0953. The number of aromatic nitrogens is 1. The van der Waals surface area contributed by atoms with E-state index in [1.165, 1.54) is 0 Å². The van der Waals surface area contributed by atoms with Crippen molar-refractivity contribution in [1.29, 1.82) is 0 Å². The van der Waals surface area contributed by atoms with Gasteiger partial charge in [-0.2, -0.15) is 0 Å². The molecule has 0 aliphatic rings. The zero-order chi connectivity index (χ0) is 16.7. The van der Waals surface area contributed by atoms with Gasteiger partial charge >= 0.3 is 0 Å². The van der Waals surface area contributed by atoms with Gasteiger partial charge in [-0.05, 0) is 25.1 Å². The molecule has 132 valence electrons. The number of hydrogen-bond acceptors (Lipinski definition) is 5. The summed E-state index contributed by atoms with van der Waals surface area (Å²) in [4.78, 5) is 16.8. The van der Waals surface area contributed by atoms with Gasteiger partial charge in [0.05, 0.1) is 30.5 Å². The second-order valence-corrected chi connectivity index (χ2v) is 5.18. The highest BCUT2D eigenvalue weighted by Gasteiger charge is 2.11. The van der Waals surface area contributed by atoms with Gasteiger partial charge in [0.1, 0.15) is 5.75 Å². The van der Waals surface area contributed by atoms with Gasteiger partial charge in [-0.25, -0.2) is 0 Å². The number of methoxy groups -OCH3 is 2. The highest BCUT2D eigenvalue weighted by molar-refractivity contribution is 5.98. The first-order valence-electron chi connectivity index (χ1n) is 7.59. The van der Waals surface area contributed by atoms with Crippen molar-refractivity contribution in [3.05, 3.63) is 35.5 Å². The Morgan fingerprint density at radius 1 is 1.17 bits per heavy atom. The van der Waals surface area contributed by atoms with Gasteiger partial charge in [0.2, 0.25) is 0 Å². The van der Waals surface area contributed by atoms with Crippen LogP contribution < -0.4 is 15.4 Å². The summed E-state index contributed by atoms with van der Waals surface area (Å²) in [6, 6.07) is 7.50. The Morgan fingerprint density at radius 2 is 1.96 bits per heavy atom. The number of carbonyl (C=O) groups excluding carboxylic acids is 1. The predicted molar refractivity (Wildman–Crippen MR) is 97.4 cm³/mol. The minimum Gasteiger partial charge on any atom is -0.497 e. The molecule has 0 aliphatic heterocycles. The third-order valence-corrected chi connectivity index (χ3v) is 3.53. The lowest BCUT2D eigenvalue weighted by Gasteiger charge is -2.10. The number of hydrogen-bond donors (Lipinski definition) is 2. The van der Waals surface area contributed by atoms with Crippen molar-refractivity contribution in [2.45, 2.75) is 6.92 Å². The van der Waals surface area contributed by atoms with Crippen molar-refractivity contribution in [2.75, 3.05) is 40.5 Å². The second kappa shape index (κ2) is 10.1. The molecule has 1 amide bonds. The van der Waals surface area contributed by atoms with Gasteiger partial charge < -0.3 is 20.1 Å². The van der Waals surface area contributed by atoms with Crippen molar-refractivity contribution in [2.24, 2.45) is 0 Å². The Bertz CT molecular complexity index is 679. The fourth-order valence-corrected chi connectivity index (χ4v) is 2.26. The summed E-state index contributed by atoms with van der Waals surface area (Å²) in [6.07, 6.45) is 0. The van der Waals surface area contributed by atoms with Gasteiger partial charge in [0, 0.05) is 38.2 Å². The Hall–Kier alpha value is -1.89. The number of nitrogens with zero attached hydrogens (tertiary/aromatic N) is 1. The topological polar surface area (TPSA) is 72.5 Å². The molecule has 1 heterocycles. The summed E-state index contributed by atoms with van der Waals surface area (Å²) < 4.78 is 10.1. The van der Waals surface area contributed by atoms with E-state index in [4.69, 9.17) is 9.47 Å². The predicted octanol–water partition coefficient (Wildman–Crippen LogP) is 1.94. The number of fused-ring (bicyclic) bond motifs is 1. The number of nitrogens with one attached hydrogen (secondary N) is 2. The van der Waals surface area contributed by atoms with Crippen molar-refractivity contribution >= 4 is 29.2 Å². The van der Waals surface area contributed by atoms with E-state index in [1.807, 2.05) is 31.2 Å². The largest absolute Gasteiger partial charge is 0.497 e. The second-order valence-electron chi connectivity index (χ2n) is 5.18. The average Bonchev–Trinajstić information content (AvgIpc) is 2.56. The molecule has 2 N–H and O–H groups in total. The van der Waals surface area contributed by atoms with E-state index in [0.717, 1.165) is 23.2 Å². The Balaban J connectivity index is 0.00000288. The summed E-state index contributed by atoms with van der Waals surface area (Å²) in [7, 11) is 3.28. The van der Waals surface area contributed by atoms with Gasteiger partial charge in [0.15, 0.2) is 0 Å². The summed E-state index contributed by atoms with van der Waals surface area (Å²) in [5, 5.41) is 6.99. The Morgan fingerprint density at radius 3 is 2.67 bits per heavy atom. The zero-order valence-electron chi connectivity index (χ0n) is 14.2. The molecule has 0 spiro atoms. The van der Waals surface area contributed by atoms with E-state index in [2.05, 4.69) is 15.6 Å². The molecule has 0 unspecified atom stereocenters. The third-order valence-electron chi connectivity index (χ3n) is 3.53. The fourth-order valence-electron chi connectivity index (χ4n) is 2.26. The number of carbonyl (C=O) groups is 1. The molecule has 0 aliphatic carbocycles. The molecule has 0 bridgehead atoms. The number of ether oxygens (including phenoxy) is 2. The first-order chi connectivity index (χ1) is 11.2. The van der Waals surface area contributed by atoms with Crippen LogP contribution in [0.2, 0.25) is 0 Å².